The number of aromatic amines is 1. The zero-order valence-corrected chi connectivity index (χ0v) is 13.7. The Bertz CT molecular complexity index is 957. The number of benzene rings is 2. The summed E-state index contributed by atoms with van der Waals surface area (Å²) in [4.78, 5) is 23.7. The number of aryl methyl sites for hydroxylation is 1. The maximum atomic E-state index is 12.1. The number of fused-ring (bicyclic) bond motifs is 3. The number of ether oxygens (including phenoxy) is 1. The number of hydrogen-bond donors (Lipinski definition) is 2. The number of nitrogens with zero attached hydrogens (tertiary/aromatic N) is 1. The molecule has 6 nitrogen and oxygen atoms in total. The molecule has 0 atom stereocenters. The van der Waals surface area contributed by atoms with Gasteiger partial charge in [0.15, 0.2) is 0 Å². The lowest BCUT2D eigenvalue weighted by Gasteiger charge is -2.14. The molecular formula is C19H17N3O3. The van der Waals surface area contributed by atoms with Gasteiger partial charge in [-0.25, -0.2) is 4.79 Å². The zero-order chi connectivity index (χ0) is 17.4. The highest BCUT2D eigenvalue weighted by molar-refractivity contribution is 5.84. The monoisotopic (exact) mass is 335 g/mol. The molecule has 0 spiro atoms. The molecule has 0 aliphatic heterocycles. The first-order valence-corrected chi connectivity index (χ1v) is 8.01. The van der Waals surface area contributed by atoms with Gasteiger partial charge in [-0.3, -0.25) is 19.9 Å². The molecule has 6 heteroatoms. The molecule has 126 valence electrons. The molecule has 2 aromatic carbocycles. The van der Waals surface area contributed by atoms with E-state index < -0.39 is 6.09 Å². The van der Waals surface area contributed by atoms with Crippen molar-refractivity contribution in [2.45, 2.75) is 5.92 Å². The van der Waals surface area contributed by atoms with Crippen LogP contribution >= 0.6 is 0 Å². The molecule has 0 fully saturated rings. The van der Waals surface area contributed by atoms with Crippen LogP contribution in [-0.4, -0.2) is 22.5 Å². The van der Waals surface area contributed by atoms with Gasteiger partial charge in [0, 0.05) is 13.0 Å². The van der Waals surface area contributed by atoms with Gasteiger partial charge in [0.25, 0.3) is 5.56 Å². The number of H-pyrrole nitrogens is 1. The van der Waals surface area contributed by atoms with E-state index in [2.05, 4.69) is 34.7 Å². The first kappa shape index (κ1) is 15.3. The van der Waals surface area contributed by atoms with Crippen molar-refractivity contribution in [3.63, 3.8) is 0 Å². The molecule has 0 saturated carbocycles. The van der Waals surface area contributed by atoms with Crippen LogP contribution < -0.4 is 10.9 Å². The molecular weight excluding hydrogens is 318 g/mol. The first-order valence-electron chi connectivity index (χ1n) is 8.01. The summed E-state index contributed by atoms with van der Waals surface area (Å²) < 4.78 is 6.87. The highest BCUT2D eigenvalue weighted by atomic mass is 16.5. The van der Waals surface area contributed by atoms with Crippen LogP contribution in [0.3, 0.4) is 0 Å². The highest BCUT2D eigenvalue weighted by Crippen LogP contribution is 2.44. The standard InChI is InChI=1S/C19H17N3O3/c1-22-10-17(18(23)21-22)20-19(24)25-11-16-14-8-4-2-6-12(14)13-7-3-5-9-15(13)16/h2-10,16H,11H2,1H3,(H,20,24)(H,21,23). The Morgan fingerprint density at radius 1 is 1.12 bits per heavy atom. The van der Waals surface area contributed by atoms with Crippen molar-refractivity contribution < 1.29 is 9.53 Å². The summed E-state index contributed by atoms with van der Waals surface area (Å²) in [6.45, 7) is 0.213. The minimum atomic E-state index is -0.640. The average Bonchev–Trinajstić information content (AvgIpc) is 3.10. The maximum absolute atomic E-state index is 12.1. The molecule has 0 bridgehead atoms. The molecule has 25 heavy (non-hydrogen) atoms. The van der Waals surface area contributed by atoms with Crippen LogP contribution in [0, 0.1) is 0 Å². The van der Waals surface area contributed by atoms with Crippen LogP contribution in [0.1, 0.15) is 17.0 Å². The summed E-state index contributed by atoms with van der Waals surface area (Å²) in [6, 6.07) is 16.3. The molecule has 0 radical (unpaired) electrons. The van der Waals surface area contributed by atoms with E-state index in [4.69, 9.17) is 4.74 Å². The molecule has 3 aromatic rings. The van der Waals surface area contributed by atoms with Gasteiger partial charge in [-0.1, -0.05) is 48.5 Å². The number of carbonyl (C=O) groups is 1. The van der Waals surface area contributed by atoms with Crippen LogP contribution in [0.2, 0.25) is 0 Å². The molecule has 0 unspecified atom stereocenters. The van der Waals surface area contributed by atoms with Crippen molar-refractivity contribution in [1.29, 1.82) is 0 Å². The SMILES string of the molecule is Cn1cc(NC(=O)OCC2c3ccccc3-c3ccccc32)c(=O)[nH]1. The van der Waals surface area contributed by atoms with E-state index in [9.17, 15) is 9.59 Å². The number of carbonyl (C=O) groups excluding carboxylic acids is 1. The predicted octanol–water partition coefficient (Wildman–Crippen LogP) is 3.07. The summed E-state index contributed by atoms with van der Waals surface area (Å²) >= 11 is 0. The molecule has 1 aliphatic carbocycles. The van der Waals surface area contributed by atoms with Gasteiger partial charge in [-0.05, 0) is 22.3 Å². The molecule has 1 aliphatic rings. The number of amides is 1. The molecule has 1 heterocycles. The lowest BCUT2D eigenvalue weighted by molar-refractivity contribution is 0.158. The molecule has 2 N–H and O–H groups in total. The van der Waals surface area contributed by atoms with Crippen molar-refractivity contribution in [2.24, 2.45) is 7.05 Å². The quantitative estimate of drug-likeness (QED) is 0.772. The van der Waals surface area contributed by atoms with Crippen molar-refractivity contribution in [3.8, 4) is 11.1 Å². The minimum Gasteiger partial charge on any atom is -0.448 e. The topological polar surface area (TPSA) is 76.1 Å². The largest absolute Gasteiger partial charge is 0.448 e. The Balaban J connectivity index is 1.52. The number of rotatable bonds is 3. The third-order valence-electron chi connectivity index (χ3n) is 4.43. The average molecular weight is 335 g/mol. The fraction of sp³-hybridized carbons (Fsp3) is 0.158. The Morgan fingerprint density at radius 2 is 1.72 bits per heavy atom. The van der Waals surface area contributed by atoms with Gasteiger partial charge in [-0.15, -0.1) is 0 Å². The summed E-state index contributed by atoms with van der Waals surface area (Å²) in [5.74, 6) is -0.00722. The summed E-state index contributed by atoms with van der Waals surface area (Å²) in [7, 11) is 1.67. The van der Waals surface area contributed by atoms with Gasteiger partial charge >= 0.3 is 6.09 Å². The van der Waals surface area contributed by atoms with E-state index in [0.717, 1.165) is 11.1 Å². The predicted molar refractivity (Wildman–Crippen MR) is 94.7 cm³/mol. The smallest absolute Gasteiger partial charge is 0.411 e. The first-order chi connectivity index (χ1) is 12.1. The summed E-state index contributed by atoms with van der Waals surface area (Å²) in [5, 5.41) is 5.00. The maximum Gasteiger partial charge on any atom is 0.411 e. The van der Waals surface area contributed by atoms with Gasteiger partial charge in [0.1, 0.15) is 12.3 Å². The minimum absolute atomic E-state index is 0.00722. The van der Waals surface area contributed by atoms with E-state index >= 15 is 0 Å². The van der Waals surface area contributed by atoms with E-state index in [1.54, 1.807) is 7.05 Å². The Hall–Kier alpha value is -3.28. The number of nitrogens with one attached hydrogen (secondary N) is 2. The fourth-order valence-electron chi connectivity index (χ4n) is 3.34. The van der Waals surface area contributed by atoms with Crippen LogP contribution in [0.25, 0.3) is 11.1 Å². The molecule has 4 rings (SSSR count). The Labute approximate surface area is 144 Å². The molecule has 0 saturated heterocycles. The molecule has 1 aromatic heterocycles. The van der Waals surface area contributed by atoms with Crippen LogP contribution in [0.15, 0.2) is 59.5 Å². The van der Waals surface area contributed by atoms with Crippen LogP contribution in [0.4, 0.5) is 10.5 Å². The Kier molecular flexibility index (Phi) is 3.65. The van der Waals surface area contributed by atoms with Crippen molar-refractivity contribution >= 4 is 11.8 Å². The van der Waals surface area contributed by atoms with Gasteiger partial charge in [0.2, 0.25) is 0 Å². The van der Waals surface area contributed by atoms with Crippen molar-refractivity contribution in [3.05, 3.63) is 76.2 Å². The lowest BCUT2D eigenvalue weighted by Crippen LogP contribution is -2.20. The number of hydrogen-bond acceptors (Lipinski definition) is 3. The molecule has 1 amide bonds. The van der Waals surface area contributed by atoms with Crippen LogP contribution in [0.5, 0.6) is 0 Å². The fourth-order valence-corrected chi connectivity index (χ4v) is 3.34. The lowest BCUT2D eigenvalue weighted by atomic mass is 9.98. The van der Waals surface area contributed by atoms with E-state index in [1.165, 1.54) is 22.0 Å². The second-order valence-electron chi connectivity index (χ2n) is 6.05. The third kappa shape index (κ3) is 2.71. The van der Waals surface area contributed by atoms with Gasteiger partial charge in [0.05, 0.1) is 6.20 Å². The van der Waals surface area contributed by atoms with Gasteiger partial charge in [-0.2, -0.15) is 0 Å². The van der Waals surface area contributed by atoms with E-state index in [1.807, 2.05) is 24.3 Å². The highest BCUT2D eigenvalue weighted by Gasteiger charge is 2.29. The third-order valence-corrected chi connectivity index (χ3v) is 4.43. The number of anilines is 1. The zero-order valence-electron chi connectivity index (χ0n) is 13.7. The second kappa shape index (κ2) is 5.98. The summed E-state index contributed by atoms with van der Waals surface area (Å²) in [6.07, 6.45) is 0.864. The normalized spacial score (nSPS) is 12.5. The van der Waals surface area contributed by atoms with E-state index in [0.29, 0.717) is 0 Å². The van der Waals surface area contributed by atoms with E-state index in [-0.39, 0.29) is 23.8 Å². The second-order valence-corrected chi connectivity index (χ2v) is 6.05. The van der Waals surface area contributed by atoms with Crippen molar-refractivity contribution in [1.82, 2.24) is 9.78 Å². The van der Waals surface area contributed by atoms with Gasteiger partial charge < -0.3 is 4.74 Å². The van der Waals surface area contributed by atoms with Crippen molar-refractivity contribution in [2.75, 3.05) is 11.9 Å². The van der Waals surface area contributed by atoms with Crippen LogP contribution in [-0.2, 0) is 11.8 Å². The Morgan fingerprint density at radius 3 is 2.28 bits per heavy atom. The summed E-state index contributed by atoms with van der Waals surface area (Å²) in [5.41, 5.74) is 4.44. The number of aromatic nitrogens is 2.